The number of para-hydroxylation sites is 1. The van der Waals surface area contributed by atoms with Gasteiger partial charge in [0.05, 0.1) is 15.0 Å². The van der Waals surface area contributed by atoms with Crippen LogP contribution in [0.15, 0.2) is 28.1 Å². The first-order valence-corrected chi connectivity index (χ1v) is 6.96. The topological polar surface area (TPSA) is 49.3 Å². The van der Waals surface area contributed by atoms with Gasteiger partial charge in [0.2, 0.25) is 0 Å². The molecule has 0 radical (unpaired) electrons. The molecule has 2 N–H and O–H groups in total. The second kappa shape index (κ2) is 5.12. The third kappa shape index (κ3) is 2.57. The summed E-state index contributed by atoms with van der Waals surface area (Å²) in [5.74, 6) is -0.151. The molecule has 18 heavy (non-hydrogen) atoms. The smallest absolute Gasteiger partial charge is 0.257 e. The van der Waals surface area contributed by atoms with Crippen LogP contribution in [0.2, 0.25) is 0 Å². The standard InChI is InChI=1S/C13H12BrNO2S/c1-7-4-3-5-10(16)11(7)15-13(17)9-6-8(2)18-12(9)14/h3-6,16H,1-2H3,(H,15,17). The highest BCUT2D eigenvalue weighted by atomic mass is 79.9. The van der Waals surface area contributed by atoms with Gasteiger partial charge in [0.25, 0.3) is 5.91 Å². The molecule has 0 saturated carbocycles. The van der Waals surface area contributed by atoms with Crippen LogP contribution in [0, 0.1) is 13.8 Å². The molecule has 0 aliphatic carbocycles. The van der Waals surface area contributed by atoms with Gasteiger partial charge in [-0.2, -0.15) is 0 Å². The number of phenols is 1. The molecule has 1 aromatic heterocycles. The van der Waals surface area contributed by atoms with E-state index in [9.17, 15) is 9.90 Å². The van der Waals surface area contributed by atoms with Crippen LogP contribution in [-0.2, 0) is 0 Å². The van der Waals surface area contributed by atoms with Crippen LogP contribution >= 0.6 is 27.3 Å². The summed E-state index contributed by atoms with van der Waals surface area (Å²) in [4.78, 5) is 13.2. The fourth-order valence-corrected chi connectivity index (χ4v) is 3.42. The minimum absolute atomic E-state index is 0.0754. The number of aryl methyl sites for hydroxylation is 2. The van der Waals surface area contributed by atoms with Crippen LogP contribution < -0.4 is 5.32 Å². The summed E-state index contributed by atoms with van der Waals surface area (Å²) in [7, 11) is 0. The SMILES string of the molecule is Cc1cc(C(=O)Nc2c(C)cccc2O)c(Br)s1. The van der Waals surface area contributed by atoms with Crippen LogP contribution in [-0.4, -0.2) is 11.0 Å². The van der Waals surface area contributed by atoms with Crippen LogP contribution in [0.25, 0.3) is 0 Å². The molecule has 0 saturated heterocycles. The van der Waals surface area contributed by atoms with Crippen molar-refractivity contribution >= 4 is 38.9 Å². The Kier molecular flexibility index (Phi) is 3.73. The Morgan fingerprint density at radius 1 is 1.39 bits per heavy atom. The van der Waals surface area contributed by atoms with E-state index in [4.69, 9.17) is 0 Å². The largest absolute Gasteiger partial charge is 0.506 e. The summed E-state index contributed by atoms with van der Waals surface area (Å²) >= 11 is 4.87. The van der Waals surface area contributed by atoms with E-state index in [1.165, 1.54) is 11.3 Å². The number of amides is 1. The van der Waals surface area contributed by atoms with Crippen molar-refractivity contribution in [2.45, 2.75) is 13.8 Å². The Bertz CT molecular complexity index is 587. The zero-order valence-electron chi connectivity index (χ0n) is 9.95. The van der Waals surface area contributed by atoms with Crippen molar-refractivity contribution in [2.75, 3.05) is 5.32 Å². The molecular weight excluding hydrogens is 314 g/mol. The van der Waals surface area contributed by atoms with E-state index in [1.54, 1.807) is 12.1 Å². The van der Waals surface area contributed by atoms with E-state index in [0.717, 1.165) is 14.2 Å². The molecule has 2 rings (SSSR count). The zero-order valence-corrected chi connectivity index (χ0v) is 12.4. The van der Waals surface area contributed by atoms with Gasteiger partial charge in [-0.1, -0.05) is 12.1 Å². The van der Waals surface area contributed by atoms with Crippen molar-refractivity contribution in [2.24, 2.45) is 0 Å². The number of carbonyl (C=O) groups excluding carboxylic acids is 1. The molecule has 94 valence electrons. The number of thiophene rings is 1. The van der Waals surface area contributed by atoms with Crippen LogP contribution in [0.1, 0.15) is 20.8 Å². The van der Waals surface area contributed by atoms with Crippen molar-refractivity contribution in [3.63, 3.8) is 0 Å². The molecule has 2 aromatic rings. The van der Waals surface area contributed by atoms with Gasteiger partial charge in [-0.3, -0.25) is 4.79 Å². The van der Waals surface area contributed by atoms with Gasteiger partial charge in [0, 0.05) is 4.88 Å². The van der Waals surface area contributed by atoms with E-state index < -0.39 is 0 Å². The molecule has 3 nitrogen and oxygen atoms in total. The van der Waals surface area contributed by atoms with E-state index >= 15 is 0 Å². The minimum atomic E-state index is -0.226. The van der Waals surface area contributed by atoms with Crippen molar-refractivity contribution in [3.05, 3.63) is 44.1 Å². The van der Waals surface area contributed by atoms with Crippen molar-refractivity contribution < 1.29 is 9.90 Å². The maximum atomic E-state index is 12.1. The molecule has 0 aliphatic heterocycles. The molecule has 0 fully saturated rings. The Hall–Kier alpha value is -1.33. The molecule has 0 bridgehead atoms. The van der Waals surface area contributed by atoms with Crippen molar-refractivity contribution in [1.29, 1.82) is 0 Å². The maximum absolute atomic E-state index is 12.1. The van der Waals surface area contributed by atoms with E-state index in [1.807, 2.05) is 26.0 Å². The third-order valence-electron chi connectivity index (χ3n) is 2.54. The average molecular weight is 326 g/mol. The summed E-state index contributed by atoms with van der Waals surface area (Å²) < 4.78 is 0.797. The highest BCUT2D eigenvalue weighted by Crippen LogP contribution is 2.31. The van der Waals surface area contributed by atoms with Gasteiger partial charge < -0.3 is 10.4 Å². The van der Waals surface area contributed by atoms with E-state index in [-0.39, 0.29) is 11.7 Å². The highest BCUT2D eigenvalue weighted by Gasteiger charge is 2.15. The van der Waals surface area contributed by atoms with Gasteiger partial charge >= 0.3 is 0 Å². The van der Waals surface area contributed by atoms with Crippen molar-refractivity contribution in [3.8, 4) is 5.75 Å². The van der Waals surface area contributed by atoms with Crippen LogP contribution in [0.3, 0.4) is 0 Å². The lowest BCUT2D eigenvalue weighted by atomic mass is 10.1. The molecule has 0 unspecified atom stereocenters. The van der Waals surface area contributed by atoms with Crippen LogP contribution in [0.5, 0.6) is 5.75 Å². The number of aromatic hydroxyl groups is 1. The Balaban J connectivity index is 2.30. The van der Waals surface area contributed by atoms with E-state index in [0.29, 0.717) is 11.3 Å². The number of anilines is 1. The summed E-state index contributed by atoms with van der Waals surface area (Å²) in [5, 5.41) is 12.5. The first-order chi connectivity index (χ1) is 8.49. The molecule has 0 atom stereocenters. The first kappa shape index (κ1) is 13.1. The second-order valence-electron chi connectivity index (χ2n) is 3.97. The highest BCUT2D eigenvalue weighted by molar-refractivity contribution is 9.11. The molecule has 5 heteroatoms. The van der Waals surface area contributed by atoms with Gasteiger partial charge in [-0.25, -0.2) is 0 Å². The number of phenolic OH excluding ortho intramolecular Hbond substituents is 1. The predicted molar refractivity (Wildman–Crippen MR) is 77.6 cm³/mol. The predicted octanol–water partition coefficient (Wildman–Crippen LogP) is 4.09. The van der Waals surface area contributed by atoms with Gasteiger partial charge in [-0.05, 0) is 47.5 Å². The fourth-order valence-electron chi connectivity index (χ4n) is 1.64. The summed E-state index contributed by atoms with van der Waals surface area (Å²) in [6.45, 7) is 3.78. The molecule has 0 spiro atoms. The number of halogens is 1. The summed E-state index contributed by atoms with van der Waals surface area (Å²) in [6.07, 6.45) is 0. The summed E-state index contributed by atoms with van der Waals surface area (Å²) in [5.41, 5.74) is 1.87. The lowest BCUT2D eigenvalue weighted by Crippen LogP contribution is -2.12. The summed E-state index contributed by atoms with van der Waals surface area (Å²) in [6, 6.07) is 6.95. The number of benzene rings is 1. The Morgan fingerprint density at radius 2 is 2.11 bits per heavy atom. The zero-order chi connectivity index (χ0) is 13.3. The maximum Gasteiger partial charge on any atom is 0.257 e. The Morgan fingerprint density at radius 3 is 2.67 bits per heavy atom. The van der Waals surface area contributed by atoms with Gasteiger partial charge in [0.1, 0.15) is 5.75 Å². The lowest BCUT2D eigenvalue weighted by Gasteiger charge is -2.09. The molecule has 0 aliphatic rings. The minimum Gasteiger partial charge on any atom is -0.506 e. The number of hydrogen-bond donors (Lipinski definition) is 2. The quantitative estimate of drug-likeness (QED) is 0.817. The lowest BCUT2D eigenvalue weighted by molar-refractivity contribution is 0.102. The molecule has 1 amide bonds. The van der Waals surface area contributed by atoms with Crippen molar-refractivity contribution in [1.82, 2.24) is 0 Å². The van der Waals surface area contributed by atoms with Gasteiger partial charge in [0.15, 0.2) is 0 Å². The molecule has 1 heterocycles. The number of carbonyl (C=O) groups is 1. The normalized spacial score (nSPS) is 10.4. The van der Waals surface area contributed by atoms with Gasteiger partial charge in [-0.15, -0.1) is 11.3 Å². The third-order valence-corrected chi connectivity index (χ3v) is 4.30. The van der Waals surface area contributed by atoms with Crippen LogP contribution in [0.4, 0.5) is 5.69 Å². The molecule has 1 aromatic carbocycles. The Labute approximate surface area is 118 Å². The van der Waals surface area contributed by atoms with E-state index in [2.05, 4.69) is 21.2 Å². The monoisotopic (exact) mass is 325 g/mol. The second-order valence-corrected chi connectivity index (χ2v) is 6.54. The average Bonchev–Trinajstić information content (AvgIpc) is 2.63. The fraction of sp³-hybridized carbons (Fsp3) is 0.154. The number of rotatable bonds is 2. The first-order valence-electron chi connectivity index (χ1n) is 5.35. The number of hydrogen-bond acceptors (Lipinski definition) is 3. The number of nitrogens with one attached hydrogen (secondary N) is 1. The molecular formula is C13H12BrNO2S.